The number of aromatic nitrogens is 6. The van der Waals surface area contributed by atoms with Crippen LogP contribution in [-0.4, -0.2) is 36.3 Å². The summed E-state index contributed by atoms with van der Waals surface area (Å²) >= 11 is 0. The van der Waals surface area contributed by atoms with Crippen molar-refractivity contribution >= 4 is 5.95 Å². The van der Waals surface area contributed by atoms with Gasteiger partial charge in [-0.25, -0.2) is 4.68 Å². The van der Waals surface area contributed by atoms with Gasteiger partial charge in [0.05, 0.1) is 0 Å². The number of nitrogens with zero attached hydrogens (tertiary/aromatic N) is 6. The van der Waals surface area contributed by atoms with Gasteiger partial charge in [0.25, 0.3) is 5.95 Å². The van der Waals surface area contributed by atoms with Crippen LogP contribution in [0.25, 0.3) is 17.3 Å². The first-order valence-electron chi connectivity index (χ1n) is 6.77. The molecule has 0 aliphatic carbocycles. The molecule has 0 aliphatic rings. The average Bonchev–Trinajstić information content (AvgIpc) is 3.08. The lowest BCUT2D eigenvalue weighted by molar-refractivity contribution is 0.796. The van der Waals surface area contributed by atoms with Crippen LogP contribution in [0.15, 0.2) is 43.0 Å². The van der Waals surface area contributed by atoms with Gasteiger partial charge in [-0.15, -0.1) is 0 Å². The van der Waals surface area contributed by atoms with E-state index in [4.69, 9.17) is 0 Å². The summed E-state index contributed by atoms with van der Waals surface area (Å²) in [6, 6.07) is 5.56. The number of rotatable bonds is 5. The molecule has 3 rings (SSSR count). The van der Waals surface area contributed by atoms with Crippen molar-refractivity contribution in [1.82, 2.24) is 29.7 Å². The molecule has 21 heavy (non-hydrogen) atoms. The Bertz CT molecular complexity index is 695. The molecule has 0 amide bonds. The fourth-order valence-corrected chi connectivity index (χ4v) is 1.80. The lowest BCUT2D eigenvalue weighted by Crippen LogP contribution is -2.10. The number of nitrogens with one attached hydrogen (secondary N) is 1. The molecule has 0 fully saturated rings. The van der Waals surface area contributed by atoms with Crippen molar-refractivity contribution in [1.29, 1.82) is 0 Å². The fourth-order valence-electron chi connectivity index (χ4n) is 1.80. The van der Waals surface area contributed by atoms with E-state index in [1.807, 2.05) is 18.2 Å². The molecule has 0 saturated heterocycles. The molecule has 3 aromatic rings. The highest BCUT2D eigenvalue weighted by atomic mass is 15.4. The van der Waals surface area contributed by atoms with Crippen LogP contribution in [0.3, 0.4) is 0 Å². The van der Waals surface area contributed by atoms with Crippen molar-refractivity contribution in [3.05, 3.63) is 43.0 Å². The minimum absolute atomic E-state index is 0.486. The van der Waals surface area contributed by atoms with E-state index >= 15 is 0 Å². The van der Waals surface area contributed by atoms with E-state index in [0.29, 0.717) is 17.7 Å². The topological polar surface area (TPSA) is 81.4 Å². The van der Waals surface area contributed by atoms with Crippen molar-refractivity contribution in [2.75, 3.05) is 11.9 Å². The Hall–Kier alpha value is -2.83. The van der Waals surface area contributed by atoms with E-state index in [2.05, 4.69) is 37.3 Å². The van der Waals surface area contributed by atoms with Crippen LogP contribution in [0.2, 0.25) is 0 Å². The molecular weight excluding hydrogens is 266 g/mol. The predicted molar refractivity (Wildman–Crippen MR) is 79.0 cm³/mol. The van der Waals surface area contributed by atoms with Crippen molar-refractivity contribution in [2.45, 2.75) is 13.3 Å². The highest BCUT2D eigenvalue weighted by Gasteiger charge is 2.09. The van der Waals surface area contributed by atoms with Gasteiger partial charge in [-0.2, -0.15) is 20.1 Å². The van der Waals surface area contributed by atoms with E-state index in [-0.39, 0.29) is 0 Å². The predicted octanol–water partition coefficient (Wildman–Crippen LogP) is 1.94. The molecule has 0 radical (unpaired) electrons. The molecule has 3 aromatic heterocycles. The normalized spacial score (nSPS) is 10.5. The molecule has 0 spiro atoms. The second-order valence-electron chi connectivity index (χ2n) is 4.40. The molecular formula is C14H15N7. The van der Waals surface area contributed by atoms with Crippen molar-refractivity contribution in [3.63, 3.8) is 0 Å². The molecule has 3 heterocycles. The minimum atomic E-state index is 0.486. The summed E-state index contributed by atoms with van der Waals surface area (Å²) in [5.74, 6) is 1.63. The zero-order valence-corrected chi connectivity index (χ0v) is 11.6. The molecule has 0 aromatic carbocycles. The van der Waals surface area contributed by atoms with Crippen LogP contribution >= 0.6 is 0 Å². The lowest BCUT2D eigenvalue weighted by Gasteiger charge is -2.08. The van der Waals surface area contributed by atoms with Gasteiger partial charge in [-0.05, 0) is 24.6 Å². The molecule has 7 heteroatoms. The van der Waals surface area contributed by atoms with Crippen LogP contribution in [0.1, 0.15) is 13.3 Å². The largest absolute Gasteiger partial charge is 0.354 e. The van der Waals surface area contributed by atoms with Gasteiger partial charge in [0.15, 0.2) is 5.82 Å². The quantitative estimate of drug-likeness (QED) is 0.769. The Kier molecular flexibility index (Phi) is 3.81. The molecule has 0 unspecified atom stereocenters. The highest BCUT2D eigenvalue weighted by Crippen LogP contribution is 2.16. The van der Waals surface area contributed by atoms with Crippen LogP contribution in [0.4, 0.5) is 5.95 Å². The molecule has 106 valence electrons. The van der Waals surface area contributed by atoms with Gasteiger partial charge >= 0.3 is 0 Å². The summed E-state index contributed by atoms with van der Waals surface area (Å²) < 4.78 is 1.61. The zero-order chi connectivity index (χ0) is 14.5. The number of anilines is 1. The number of pyridine rings is 1. The highest BCUT2D eigenvalue weighted by molar-refractivity contribution is 5.55. The number of hydrogen-bond acceptors (Lipinski definition) is 6. The molecule has 1 N–H and O–H groups in total. The lowest BCUT2D eigenvalue weighted by atomic mass is 10.2. The third kappa shape index (κ3) is 3.02. The Morgan fingerprint density at radius 2 is 1.95 bits per heavy atom. The second kappa shape index (κ2) is 6.08. The first-order chi connectivity index (χ1) is 10.4. The average molecular weight is 281 g/mol. The van der Waals surface area contributed by atoms with Gasteiger partial charge in [0, 0.05) is 36.9 Å². The SMILES string of the molecule is CCCNc1nc(-c2ccncc2)nc(-n2cccn2)n1. The Morgan fingerprint density at radius 1 is 1.10 bits per heavy atom. The first-order valence-corrected chi connectivity index (χ1v) is 6.77. The van der Waals surface area contributed by atoms with E-state index in [1.54, 1.807) is 29.5 Å². The Morgan fingerprint density at radius 3 is 2.67 bits per heavy atom. The molecule has 0 bridgehead atoms. The summed E-state index contributed by atoms with van der Waals surface area (Å²) in [6.07, 6.45) is 7.91. The van der Waals surface area contributed by atoms with E-state index in [0.717, 1.165) is 18.5 Å². The van der Waals surface area contributed by atoms with E-state index in [1.165, 1.54) is 0 Å². The standard InChI is InChI=1S/C14H15N7/c1-2-6-16-13-18-12(11-4-8-15-9-5-11)19-14(20-13)21-10-3-7-17-21/h3-5,7-10H,2,6H2,1H3,(H,16,18,19,20). The smallest absolute Gasteiger partial charge is 0.255 e. The van der Waals surface area contributed by atoms with E-state index in [9.17, 15) is 0 Å². The van der Waals surface area contributed by atoms with Crippen LogP contribution in [-0.2, 0) is 0 Å². The van der Waals surface area contributed by atoms with Gasteiger partial charge in [-0.3, -0.25) is 4.98 Å². The molecule has 0 aliphatic heterocycles. The Labute approximate surface area is 122 Å². The maximum atomic E-state index is 4.46. The monoisotopic (exact) mass is 281 g/mol. The second-order valence-corrected chi connectivity index (χ2v) is 4.40. The van der Waals surface area contributed by atoms with Gasteiger partial charge < -0.3 is 5.32 Å². The third-order valence-corrected chi connectivity index (χ3v) is 2.80. The molecule has 7 nitrogen and oxygen atoms in total. The molecule has 0 atom stereocenters. The number of hydrogen-bond donors (Lipinski definition) is 1. The van der Waals surface area contributed by atoms with Gasteiger partial charge in [0.1, 0.15) is 0 Å². The molecule has 0 saturated carbocycles. The van der Waals surface area contributed by atoms with E-state index < -0.39 is 0 Å². The summed E-state index contributed by atoms with van der Waals surface area (Å²) in [5.41, 5.74) is 0.889. The summed E-state index contributed by atoms with van der Waals surface area (Å²) in [7, 11) is 0. The summed E-state index contributed by atoms with van der Waals surface area (Å²) in [4.78, 5) is 17.3. The van der Waals surface area contributed by atoms with Crippen molar-refractivity contribution in [3.8, 4) is 17.3 Å². The Balaban J connectivity index is 2.05. The van der Waals surface area contributed by atoms with Gasteiger partial charge in [-0.1, -0.05) is 6.92 Å². The van der Waals surface area contributed by atoms with Crippen molar-refractivity contribution in [2.24, 2.45) is 0 Å². The first kappa shape index (κ1) is 13.2. The maximum absolute atomic E-state index is 4.46. The third-order valence-electron chi connectivity index (χ3n) is 2.80. The summed E-state index contributed by atoms with van der Waals surface area (Å²) in [6.45, 7) is 2.89. The van der Waals surface area contributed by atoms with Crippen LogP contribution in [0, 0.1) is 0 Å². The zero-order valence-electron chi connectivity index (χ0n) is 11.6. The van der Waals surface area contributed by atoms with Crippen LogP contribution < -0.4 is 5.32 Å². The minimum Gasteiger partial charge on any atom is -0.354 e. The summed E-state index contributed by atoms with van der Waals surface area (Å²) in [5, 5.41) is 7.35. The van der Waals surface area contributed by atoms with Gasteiger partial charge in [0.2, 0.25) is 5.95 Å². The van der Waals surface area contributed by atoms with Crippen LogP contribution in [0.5, 0.6) is 0 Å². The van der Waals surface area contributed by atoms with Crippen molar-refractivity contribution < 1.29 is 0 Å². The fraction of sp³-hybridized carbons (Fsp3) is 0.214. The maximum Gasteiger partial charge on any atom is 0.255 e.